The van der Waals surface area contributed by atoms with Crippen LogP contribution >= 0.6 is 24.0 Å². The Hall–Kier alpha value is -1.33. The third-order valence-corrected chi connectivity index (χ3v) is 4.02. The van der Waals surface area contributed by atoms with Gasteiger partial charge in [-0.2, -0.15) is 0 Å². The quantitative estimate of drug-likeness (QED) is 0.493. The fraction of sp³-hybridized carbons (Fsp3) is 0.333. The summed E-state index contributed by atoms with van der Waals surface area (Å²) in [6, 6.07) is 7.73. The molecule has 5 heteroatoms. The van der Waals surface area contributed by atoms with Crippen molar-refractivity contribution in [3.63, 3.8) is 0 Å². The molecule has 3 nitrogen and oxygen atoms in total. The Morgan fingerprint density at radius 3 is 2.85 bits per heavy atom. The molecular formula is C15H17NO2S2. The van der Waals surface area contributed by atoms with E-state index in [0.29, 0.717) is 15.8 Å². The van der Waals surface area contributed by atoms with Gasteiger partial charge in [-0.3, -0.25) is 4.79 Å². The van der Waals surface area contributed by atoms with Gasteiger partial charge in [0.2, 0.25) is 0 Å². The Balaban J connectivity index is 2.09. The van der Waals surface area contributed by atoms with E-state index in [1.54, 1.807) is 0 Å². The van der Waals surface area contributed by atoms with Gasteiger partial charge in [-0.1, -0.05) is 61.9 Å². The van der Waals surface area contributed by atoms with Crippen LogP contribution in [0.2, 0.25) is 0 Å². The summed E-state index contributed by atoms with van der Waals surface area (Å²) in [6.07, 6.45) is 5.20. The Kier molecular flexibility index (Phi) is 5.61. The van der Waals surface area contributed by atoms with Crippen molar-refractivity contribution in [3.8, 4) is 5.75 Å². The largest absolute Gasteiger partial charge is 0.493 e. The number of thiocarbonyl (C=S) groups is 1. The monoisotopic (exact) mass is 307 g/mol. The van der Waals surface area contributed by atoms with E-state index in [0.717, 1.165) is 24.2 Å². The van der Waals surface area contributed by atoms with Gasteiger partial charge in [0, 0.05) is 5.56 Å². The van der Waals surface area contributed by atoms with Crippen LogP contribution in [0, 0.1) is 0 Å². The van der Waals surface area contributed by atoms with Gasteiger partial charge < -0.3 is 10.1 Å². The second-order valence-electron chi connectivity index (χ2n) is 4.45. The number of carbonyl (C=O) groups is 1. The lowest BCUT2D eigenvalue weighted by molar-refractivity contribution is -0.115. The van der Waals surface area contributed by atoms with Crippen molar-refractivity contribution in [2.75, 3.05) is 6.61 Å². The molecule has 0 unspecified atom stereocenters. The lowest BCUT2D eigenvalue weighted by atomic mass is 10.2. The fourth-order valence-corrected chi connectivity index (χ4v) is 2.86. The maximum absolute atomic E-state index is 11.7. The number of carbonyl (C=O) groups excluding carboxylic acids is 1. The van der Waals surface area contributed by atoms with Gasteiger partial charge in [-0.25, -0.2) is 0 Å². The van der Waals surface area contributed by atoms with E-state index in [1.807, 2.05) is 30.3 Å². The van der Waals surface area contributed by atoms with E-state index < -0.39 is 0 Å². The first-order valence-corrected chi connectivity index (χ1v) is 7.90. The van der Waals surface area contributed by atoms with Gasteiger partial charge in [0.05, 0.1) is 11.5 Å². The number of para-hydroxylation sites is 1. The van der Waals surface area contributed by atoms with E-state index in [-0.39, 0.29) is 5.91 Å². The number of nitrogens with one attached hydrogen (secondary N) is 1. The van der Waals surface area contributed by atoms with E-state index in [2.05, 4.69) is 12.2 Å². The molecular weight excluding hydrogens is 290 g/mol. The minimum atomic E-state index is -0.138. The Morgan fingerprint density at radius 1 is 1.35 bits per heavy atom. The van der Waals surface area contributed by atoms with Crippen LogP contribution in [-0.2, 0) is 4.79 Å². The van der Waals surface area contributed by atoms with Crippen molar-refractivity contribution >= 4 is 40.3 Å². The van der Waals surface area contributed by atoms with Gasteiger partial charge in [-0.05, 0) is 18.6 Å². The van der Waals surface area contributed by atoms with Crippen molar-refractivity contribution < 1.29 is 9.53 Å². The molecule has 1 N–H and O–H groups in total. The minimum absolute atomic E-state index is 0.138. The molecule has 0 bridgehead atoms. The smallest absolute Gasteiger partial charge is 0.263 e. The number of ether oxygens (including phenoxy) is 1. The van der Waals surface area contributed by atoms with Gasteiger partial charge in [0.1, 0.15) is 10.1 Å². The number of benzene rings is 1. The highest BCUT2D eigenvalue weighted by Gasteiger charge is 2.22. The summed E-state index contributed by atoms with van der Waals surface area (Å²) in [4.78, 5) is 12.3. The number of unbranched alkanes of at least 4 members (excludes halogenated alkanes) is 2. The zero-order valence-corrected chi connectivity index (χ0v) is 13.0. The normalized spacial score (nSPS) is 16.6. The van der Waals surface area contributed by atoms with Crippen LogP contribution in [0.5, 0.6) is 5.75 Å². The molecule has 1 aliphatic heterocycles. The SMILES string of the molecule is CCCCCOc1ccccc1/C=C1/SC(=S)NC1=O. The molecule has 1 saturated heterocycles. The van der Waals surface area contributed by atoms with Crippen molar-refractivity contribution in [1.82, 2.24) is 5.32 Å². The predicted octanol–water partition coefficient (Wildman–Crippen LogP) is 3.74. The highest BCUT2D eigenvalue weighted by atomic mass is 32.2. The maximum atomic E-state index is 11.7. The van der Waals surface area contributed by atoms with Crippen LogP contribution in [0.3, 0.4) is 0 Å². The van der Waals surface area contributed by atoms with Crippen LogP contribution in [0.15, 0.2) is 29.2 Å². The van der Waals surface area contributed by atoms with Crippen molar-refractivity contribution in [3.05, 3.63) is 34.7 Å². The van der Waals surface area contributed by atoms with Gasteiger partial charge in [0.15, 0.2) is 0 Å². The number of thioether (sulfide) groups is 1. The van der Waals surface area contributed by atoms with Crippen LogP contribution in [0.1, 0.15) is 31.7 Å². The second kappa shape index (κ2) is 7.45. The number of hydrogen-bond acceptors (Lipinski definition) is 4. The van der Waals surface area contributed by atoms with Crippen LogP contribution in [0.25, 0.3) is 6.08 Å². The molecule has 2 rings (SSSR count). The first kappa shape index (κ1) is 15.1. The van der Waals surface area contributed by atoms with Gasteiger partial charge >= 0.3 is 0 Å². The predicted molar refractivity (Wildman–Crippen MR) is 87.8 cm³/mol. The molecule has 0 aliphatic carbocycles. The van der Waals surface area contributed by atoms with Crippen LogP contribution in [0.4, 0.5) is 0 Å². The summed E-state index contributed by atoms with van der Waals surface area (Å²) in [7, 11) is 0. The average molecular weight is 307 g/mol. The lowest BCUT2D eigenvalue weighted by Gasteiger charge is -2.09. The highest BCUT2D eigenvalue weighted by molar-refractivity contribution is 8.26. The first-order chi connectivity index (χ1) is 9.70. The second-order valence-corrected chi connectivity index (χ2v) is 6.16. The van der Waals surface area contributed by atoms with E-state index in [4.69, 9.17) is 17.0 Å². The number of rotatable bonds is 6. The molecule has 1 amide bonds. The molecule has 0 aromatic heterocycles. The van der Waals surface area contributed by atoms with Crippen LogP contribution < -0.4 is 10.1 Å². The molecule has 1 aromatic rings. The van der Waals surface area contributed by atoms with Crippen molar-refractivity contribution in [2.45, 2.75) is 26.2 Å². The molecule has 1 aliphatic rings. The number of amides is 1. The van der Waals surface area contributed by atoms with Crippen molar-refractivity contribution in [2.24, 2.45) is 0 Å². The zero-order chi connectivity index (χ0) is 14.4. The average Bonchev–Trinajstić information content (AvgIpc) is 2.75. The molecule has 20 heavy (non-hydrogen) atoms. The van der Waals surface area contributed by atoms with E-state index >= 15 is 0 Å². The standard InChI is InChI=1S/C15H17NO2S2/c1-2-3-6-9-18-12-8-5-4-7-11(12)10-13-14(17)16-15(19)20-13/h4-5,7-8,10H,2-3,6,9H2,1H3,(H,16,17,19)/b13-10+. The third-order valence-electron chi connectivity index (χ3n) is 2.85. The molecule has 1 heterocycles. The van der Waals surface area contributed by atoms with Crippen LogP contribution in [-0.4, -0.2) is 16.8 Å². The molecule has 0 spiro atoms. The topological polar surface area (TPSA) is 38.3 Å². The molecule has 0 radical (unpaired) electrons. The van der Waals surface area contributed by atoms with Gasteiger partial charge in [0.25, 0.3) is 5.91 Å². The van der Waals surface area contributed by atoms with E-state index in [1.165, 1.54) is 18.2 Å². The summed E-state index contributed by atoms with van der Waals surface area (Å²) in [5, 5.41) is 2.61. The Bertz CT molecular complexity index is 540. The summed E-state index contributed by atoms with van der Waals surface area (Å²) in [5.74, 6) is 0.670. The lowest BCUT2D eigenvalue weighted by Crippen LogP contribution is -2.17. The molecule has 0 saturated carbocycles. The molecule has 106 valence electrons. The fourth-order valence-electron chi connectivity index (χ4n) is 1.83. The van der Waals surface area contributed by atoms with Gasteiger partial charge in [-0.15, -0.1) is 0 Å². The Morgan fingerprint density at radius 2 is 2.15 bits per heavy atom. The number of hydrogen-bond donors (Lipinski definition) is 1. The van der Waals surface area contributed by atoms with E-state index in [9.17, 15) is 4.79 Å². The minimum Gasteiger partial charge on any atom is -0.493 e. The zero-order valence-electron chi connectivity index (χ0n) is 11.3. The van der Waals surface area contributed by atoms with Crippen molar-refractivity contribution in [1.29, 1.82) is 0 Å². The Labute approximate surface area is 128 Å². The highest BCUT2D eigenvalue weighted by Crippen LogP contribution is 2.29. The third kappa shape index (κ3) is 4.08. The molecule has 1 fully saturated rings. The first-order valence-electron chi connectivity index (χ1n) is 6.67. The maximum Gasteiger partial charge on any atom is 0.263 e. The summed E-state index contributed by atoms with van der Waals surface area (Å²) >= 11 is 6.27. The molecule has 0 atom stereocenters. The summed E-state index contributed by atoms with van der Waals surface area (Å²) in [5.41, 5.74) is 0.909. The molecule has 1 aromatic carbocycles. The summed E-state index contributed by atoms with van der Waals surface area (Å²) in [6.45, 7) is 2.86. The summed E-state index contributed by atoms with van der Waals surface area (Å²) < 4.78 is 6.30.